The molecule has 1 aromatic rings. The number of rotatable bonds is 2. The molecule has 2 N–H and O–H groups in total. The average molecular weight is 218 g/mol. The minimum atomic E-state index is -0.0130. The van der Waals surface area contributed by atoms with Gasteiger partial charge >= 0.3 is 0 Å². The third kappa shape index (κ3) is 2.42. The van der Waals surface area contributed by atoms with E-state index in [4.69, 9.17) is 0 Å². The first-order valence-corrected chi connectivity index (χ1v) is 5.75. The molecule has 0 radical (unpaired) electrons. The summed E-state index contributed by atoms with van der Waals surface area (Å²) >= 11 is 0. The number of anilines is 1. The van der Waals surface area contributed by atoms with Crippen molar-refractivity contribution in [2.75, 3.05) is 12.4 Å². The van der Waals surface area contributed by atoms with Gasteiger partial charge in [-0.15, -0.1) is 0 Å². The molecule has 0 aliphatic heterocycles. The number of carbonyl (C=O) groups excluding carboxylic acids is 1. The standard InChI is InChI=1S/C13H18N2O/c1-9(16)15-13-6-4-10-3-5-12(14-2)7-11(10)8-13/h4,6,8,12,14H,3,5,7H2,1-2H3,(H,15,16). The summed E-state index contributed by atoms with van der Waals surface area (Å²) in [5, 5.41) is 6.15. The fourth-order valence-electron chi connectivity index (χ4n) is 2.28. The van der Waals surface area contributed by atoms with Crippen LogP contribution in [-0.2, 0) is 17.6 Å². The highest BCUT2D eigenvalue weighted by Crippen LogP contribution is 2.24. The number of carbonyl (C=O) groups is 1. The van der Waals surface area contributed by atoms with Crippen LogP contribution in [0, 0.1) is 0 Å². The summed E-state index contributed by atoms with van der Waals surface area (Å²) in [6.45, 7) is 1.54. The Morgan fingerprint density at radius 2 is 2.19 bits per heavy atom. The molecule has 0 saturated heterocycles. The van der Waals surface area contributed by atoms with Crippen LogP contribution in [0.4, 0.5) is 5.69 Å². The predicted molar refractivity (Wildman–Crippen MR) is 65.6 cm³/mol. The van der Waals surface area contributed by atoms with E-state index in [0.717, 1.165) is 18.5 Å². The van der Waals surface area contributed by atoms with Crippen molar-refractivity contribution in [2.45, 2.75) is 32.2 Å². The lowest BCUT2D eigenvalue weighted by Crippen LogP contribution is -2.31. The first-order valence-electron chi connectivity index (χ1n) is 5.75. The maximum atomic E-state index is 11.0. The van der Waals surface area contributed by atoms with Crippen molar-refractivity contribution in [3.05, 3.63) is 29.3 Å². The molecule has 3 heteroatoms. The molecule has 86 valence electrons. The molecular weight excluding hydrogens is 200 g/mol. The predicted octanol–water partition coefficient (Wildman–Crippen LogP) is 1.72. The Balaban J connectivity index is 2.20. The second-order valence-corrected chi connectivity index (χ2v) is 4.39. The lowest BCUT2D eigenvalue weighted by Gasteiger charge is -2.24. The van der Waals surface area contributed by atoms with E-state index in [1.165, 1.54) is 24.5 Å². The zero-order valence-electron chi connectivity index (χ0n) is 9.84. The molecule has 1 aliphatic rings. The van der Waals surface area contributed by atoms with E-state index in [2.05, 4.69) is 22.8 Å². The zero-order valence-corrected chi connectivity index (χ0v) is 9.84. The van der Waals surface area contributed by atoms with Gasteiger partial charge in [0.25, 0.3) is 0 Å². The van der Waals surface area contributed by atoms with Gasteiger partial charge in [-0.05, 0) is 49.6 Å². The van der Waals surface area contributed by atoms with Gasteiger partial charge < -0.3 is 10.6 Å². The van der Waals surface area contributed by atoms with Gasteiger partial charge in [0.2, 0.25) is 5.91 Å². The van der Waals surface area contributed by atoms with Crippen molar-refractivity contribution >= 4 is 11.6 Å². The highest BCUT2D eigenvalue weighted by molar-refractivity contribution is 5.88. The van der Waals surface area contributed by atoms with Gasteiger partial charge in [-0.2, -0.15) is 0 Å². The fourth-order valence-corrected chi connectivity index (χ4v) is 2.28. The molecule has 0 bridgehead atoms. The van der Waals surface area contributed by atoms with Crippen LogP contribution in [0.3, 0.4) is 0 Å². The number of hydrogen-bond donors (Lipinski definition) is 2. The van der Waals surface area contributed by atoms with E-state index in [1.54, 1.807) is 0 Å². The van der Waals surface area contributed by atoms with Crippen LogP contribution in [0.15, 0.2) is 18.2 Å². The lowest BCUT2D eigenvalue weighted by molar-refractivity contribution is -0.114. The molecule has 1 amide bonds. The van der Waals surface area contributed by atoms with E-state index >= 15 is 0 Å². The molecule has 0 spiro atoms. The molecule has 2 rings (SSSR count). The molecule has 1 aliphatic carbocycles. The van der Waals surface area contributed by atoms with Gasteiger partial charge in [0, 0.05) is 18.7 Å². The maximum absolute atomic E-state index is 11.0. The van der Waals surface area contributed by atoms with Crippen molar-refractivity contribution in [1.29, 1.82) is 0 Å². The van der Waals surface area contributed by atoms with E-state index in [1.807, 2.05) is 13.1 Å². The topological polar surface area (TPSA) is 41.1 Å². The van der Waals surface area contributed by atoms with Crippen LogP contribution in [0.1, 0.15) is 24.5 Å². The number of aryl methyl sites for hydroxylation is 1. The largest absolute Gasteiger partial charge is 0.326 e. The number of nitrogens with one attached hydrogen (secondary N) is 2. The molecule has 3 nitrogen and oxygen atoms in total. The van der Waals surface area contributed by atoms with Crippen LogP contribution in [0.25, 0.3) is 0 Å². The molecule has 0 aromatic heterocycles. The molecule has 1 unspecified atom stereocenters. The summed E-state index contributed by atoms with van der Waals surface area (Å²) in [7, 11) is 2.01. The highest BCUT2D eigenvalue weighted by atomic mass is 16.1. The first kappa shape index (κ1) is 11.1. The van der Waals surface area contributed by atoms with Gasteiger partial charge in [-0.1, -0.05) is 6.07 Å². The summed E-state index contributed by atoms with van der Waals surface area (Å²) in [5.41, 5.74) is 3.68. The third-order valence-corrected chi connectivity index (χ3v) is 3.16. The Labute approximate surface area is 96.2 Å². The third-order valence-electron chi connectivity index (χ3n) is 3.16. The van der Waals surface area contributed by atoms with E-state index < -0.39 is 0 Å². The quantitative estimate of drug-likeness (QED) is 0.793. The summed E-state index contributed by atoms with van der Waals surface area (Å²) in [5.74, 6) is -0.0130. The van der Waals surface area contributed by atoms with Crippen LogP contribution in [-0.4, -0.2) is 19.0 Å². The Kier molecular flexibility index (Phi) is 3.25. The smallest absolute Gasteiger partial charge is 0.221 e. The SMILES string of the molecule is CNC1CCc2ccc(NC(C)=O)cc2C1. The monoisotopic (exact) mass is 218 g/mol. The number of likely N-dealkylation sites (N-methyl/N-ethyl adjacent to an activating group) is 1. The average Bonchev–Trinajstić information content (AvgIpc) is 2.27. The molecule has 0 saturated carbocycles. The first-order chi connectivity index (χ1) is 7.69. The molecule has 1 aromatic carbocycles. The number of benzene rings is 1. The van der Waals surface area contributed by atoms with Crippen LogP contribution in [0.5, 0.6) is 0 Å². The molecule has 0 fully saturated rings. The van der Waals surface area contributed by atoms with Crippen LogP contribution in [0.2, 0.25) is 0 Å². The number of amides is 1. The minimum Gasteiger partial charge on any atom is -0.326 e. The Hall–Kier alpha value is -1.35. The van der Waals surface area contributed by atoms with Crippen molar-refractivity contribution < 1.29 is 4.79 Å². The van der Waals surface area contributed by atoms with Crippen molar-refractivity contribution in [2.24, 2.45) is 0 Å². The Morgan fingerprint density at radius 1 is 1.38 bits per heavy atom. The van der Waals surface area contributed by atoms with Gasteiger partial charge in [0.15, 0.2) is 0 Å². The Bertz CT molecular complexity index is 401. The number of fused-ring (bicyclic) bond motifs is 1. The zero-order chi connectivity index (χ0) is 11.5. The van der Waals surface area contributed by atoms with Crippen molar-refractivity contribution in [3.8, 4) is 0 Å². The van der Waals surface area contributed by atoms with Crippen LogP contribution >= 0.6 is 0 Å². The van der Waals surface area contributed by atoms with Gasteiger partial charge in [0.05, 0.1) is 0 Å². The summed E-state index contributed by atoms with van der Waals surface area (Å²) in [6.07, 6.45) is 3.38. The van der Waals surface area contributed by atoms with E-state index in [9.17, 15) is 4.79 Å². The normalized spacial score (nSPS) is 19.0. The highest BCUT2D eigenvalue weighted by Gasteiger charge is 2.17. The van der Waals surface area contributed by atoms with Gasteiger partial charge in [0.1, 0.15) is 0 Å². The van der Waals surface area contributed by atoms with Crippen molar-refractivity contribution in [1.82, 2.24) is 5.32 Å². The fraction of sp³-hybridized carbons (Fsp3) is 0.462. The second kappa shape index (κ2) is 4.66. The second-order valence-electron chi connectivity index (χ2n) is 4.39. The summed E-state index contributed by atoms with van der Waals surface area (Å²) < 4.78 is 0. The van der Waals surface area contributed by atoms with Gasteiger partial charge in [-0.25, -0.2) is 0 Å². The van der Waals surface area contributed by atoms with Gasteiger partial charge in [-0.3, -0.25) is 4.79 Å². The van der Waals surface area contributed by atoms with E-state index in [-0.39, 0.29) is 5.91 Å². The van der Waals surface area contributed by atoms with E-state index in [0.29, 0.717) is 6.04 Å². The number of hydrogen-bond acceptors (Lipinski definition) is 2. The summed E-state index contributed by atoms with van der Waals surface area (Å²) in [4.78, 5) is 11.0. The molecule has 0 heterocycles. The maximum Gasteiger partial charge on any atom is 0.221 e. The summed E-state index contributed by atoms with van der Waals surface area (Å²) in [6, 6.07) is 6.78. The Morgan fingerprint density at radius 3 is 2.88 bits per heavy atom. The van der Waals surface area contributed by atoms with Crippen LogP contribution < -0.4 is 10.6 Å². The van der Waals surface area contributed by atoms with Crippen molar-refractivity contribution in [3.63, 3.8) is 0 Å². The molecular formula is C13H18N2O. The molecule has 16 heavy (non-hydrogen) atoms. The minimum absolute atomic E-state index is 0.0130. The lowest BCUT2D eigenvalue weighted by atomic mass is 9.88. The molecule has 1 atom stereocenters.